The number of amidine groups is 1. The van der Waals surface area contributed by atoms with Gasteiger partial charge >= 0.3 is 0 Å². The lowest BCUT2D eigenvalue weighted by molar-refractivity contribution is 0.932. The second-order valence-electron chi connectivity index (χ2n) is 1.22. The normalized spacial score (nSPS) is 26.8. The van der Waals surface area contributed by atoms with Crippen LogP contribution < -0.4 is 5.32 Å². The van der Waals surface area contributed by atoms with Crippen molar-refractivity contribution in [3.63, 3.8) is 0 Å². The molecule has 0 aliphatic carbocycles. The predicted molar refractivity (Wildman–Crippen MR) is 33.9 cm³/mol. The number of halogens is 2. The van der Waals surface area contributed by atoms with E-state index in [2.05, 4.69) is 16.4 Å². The summed E-state index contributed by atoms with van der Waals surface area (Å²) in [6.45, 7) is 0. The molecule has 1 heterocycles. The van der Waals surface area contributed by atoms with Gasteiger partial charge < -0.3 is 5.32 Å². The summed E-state index contributed by atoms with van der Waals surface area (Å²) < 4.78 is 0. The van der Waals surface area contributed by atoms with Crippen molar-refractivity contribution < 1.29 is 0 Å². The van der Waals surface area contributed by atoms with Gasteiger partial charge in [-0.25, -0.2) is 4.99 Å². The Bertz CT molecular complexity index is 141. The maximum absolute atomic E-state index is 5.49. The minimum Gasteiger partial charge on any atom is -0.340 e. The molecule has 8 heavy (non-hydrogen) atoms. The molecule has 1 aliphatic heterocycles. The van der Waals surface area contributed by atoms with E-state index in [-0.39, 0.29) is 5.50 Å². The molecule has 0 saturated carbocycles. The average Bonchev–Trinajstić information content (AvgIpc) is 1.64. The van der Waals surface area contributed by atoms with Crippen LogP contribution in [0.15, 0.2) is 11.2 Å². The molecule has 1 atom stereocenters. The monoisotopic (exact) mass is 149 g/mol. The van der Waals surface area contributed by atoms with E-state index in [1.165, 1.54) is 6.20 Å². The standard InChI is InChI=1S/C4H3Cl2N2/c5-3-1-2-7-4(6)8-3/h2-3H,(H,7,8)/t3-/m1/s1. The topological polar surface area (TPSA) is 24.4 Å². The summed E-state index contributed by atoms with van der Waals surface area (Å²) in [5.41, 5.74) is -0.333. The third kappa shape index (κ3) is 1.39. The fraction of sp³-hybridized carbons (Fsp3) is 0.250. The Kier molecular flexibility index (Phi) is 1.76. The summed E-state index contributed by atoms with van der Waals surface area (Å²) in [5, 5.41) is 2.93. The van der Waals surface area contributed by atoms with E-state index in [1.807, 2.05) is 0 Å². The molecule has 0 saturated heterocycles. The van der Waals surface area contributed by atoms with Gasteiger partial charge in [-0.3, -0.25) is 0 Å². The van der Waals surface area contributed by atoms with E-state index in [0.29, 0.717) is 5.29 Å². The molecule has 0 aromatic heterocycles. The third-order valence-electron chi connectivity index (χ3n) is 0.645. The number of alkyl halides is 1. The molecule has 0 spiro atoms. The van der Waals surface area contributed by atoms with Crippen LogP contribution in [0.1, 0.15) is 0 Å². The van der Waals surface area contributed by atoms with Gasteiger partial charge in [-0.05, 0) is 11.6 Å². The van der Waals surface area contributed by atoms with Crippen molar-refractivity contribution in [3.05, 3.63) is 12.3 Å². The Balaban J connectivity index is 2.59. The zero-order valence-corrected chi connectivity index (χ0v) is 5.37. The highest BCUT2D eigenvalue weighted by atomic mass is 35.5. The largest absolute Gasteiger partial charge is 0.340 e. The first-order valence-electron chi connectivity index (χ1n) is 2.01. The van der Waals surface area contributed by atoms with Gasteiger partial charge in [0.15, 0.2) is 5.29 Å². The lowest BCUT2D eigenvalue weighted by Crippen LogP contribution is -2.27. The highest BCUT2D eigenvalue weighted by Gasteiger charge is 2.03. The zero-order valence-electron chi connectivity index (χ0n) is 3.86. The van der Waals surface area contributed by atoms with E-state index in [1.54, 1.807) is 0 Å². The molecular formula is C4H3Cl2N2. The summed E-state index contributed by atoms with van der Waals surface area (Å²) in [6, 6.07) is 0. The molecular weight excluding hydrogens is 147 g/mol. The molecule has 1 radical (unpaired) electrons. The van der Waals surface area contributed by atoms with Gasteiger partial charge in [0.1, 0.15) is 5.50 Å². The summed E-state index contributed by atoms with van der Waals surface area (Å²) >= 11 is 10.9. The SMILES string of the molecule is ClC1=NC=[C][C@H](Cl)N1. The van der Waals surface area contributed by atoms with E-state index in [0.717, 1.165) is 0 Å². The van der Waals surface area contributed by atoms with Crippen molar-refractivity contribution in [3.8, 4) is 0 Å². The van der Waals surface area contributed by atoms with E-state index >= 15 is 0 Å². The minimum atomic E-state index is -0.333. The summed E-state index contributed by atoms with van der Waals surface area (Å²) in [4.78, 5) is 3.63. The van der Waals surface area contributed by atoms with Crippen LogP contribution in [-0.4, -0.2) is 10.8 Å². The first kappa shape index (κ1) is 5.92. The van der Waals surface area contributed by atoms with E-state index < -0.39 is 0 Å². The van der Waals surface area contributed by atoms with Gasteiger partial charge in [0.25, 0.3) is 0 Å². The van der Waals surface area contributed by atoms with Crippen LogP contribution in [-0.2, 0) is 0 Å². The first-order valence-corrected chi connectivity index (χ1v) is 2.82. The molecule has 0 unspecified atom stereocenters. The Morgan fingerprint density at radius 1 is 1.88 bits per heavy atom. The van der Waals surface area contributed by atoms with Crippen LogP contribution in [0.3, 0.4) is 0 Å². The van der Waals surface area contributed by atoms with Gasteiger partial charge in [-0.2, -0.15) is 0 Å². The van der Waals surface area contributed by atoms with Crippen molar-refractivity contribution in [1.82, 2.24) is 5.32 Å². The maximum atomic E-state index is 5.49. The fourth-order valence-corrected chi connectivity index (χ4v) is 0.716. The zero-order chi connectivity index (χ0) is 5.98. The molecule has 0 fully saturated rings. The predicted octanol–water partition coefficient (Wildman–Crippen LogP) is 1.07. The van der Waals surface area contributed by atoms with Crippen molar-refractivity contribution in [2.45, 2.75) is 5.50 Å². The van der Waals surface area contributed by atoms with Gasteiger partial charge in [0.2, 0.25) is 0 Å². The quantitative estimate of drug-likeness (QED) is 0.405. The highest BCUT2D eigenvalue weighted by molar-refractivity contribution is 6.65. The van der Waals surface area contributed by atoms with Gasteiger partial charge in [0, 0.05) is 12.3 Å². The molecule has 1 N–H and O–H groups in total. The Labute approximate surface area is 57.2 Å². The molecule has 0 bridgehead atoms. The fourth-order valence-electron chi connectivity index (χ4n) is 0.343. The van der Waals surface area contributed by atoms with Crippen molar-refractivity contribution in [2.75, 3.05) is 0 Å². The first-order chi connectivity index (χ1) is 3.79. The number of hydrogen-bond acceptors (Lipinski definition) is 2. The molecule has 0 amide bonds. The van der Waals surface area contributed by atoms with Crippen LogP contribution in [0.2, 0.25) is 0 Å². The average molecular weight is 150 g/mol. The number of rotatable bonds is 0. The van der Waals surface area contributed by atoms with Crippen molar-refractivity contribution >= 4 is 28.5 Å². The van der Waals surface area contributed by atoms with E-state index in [4.69, 9.17) is 23.2 Å². The molecule has 0 aromatic carbocycles. The lowest BCUT2D eigenvalue weighted by atomic mass is 10.5. The molecule has 4 heteroatoms. The lowest BCUT2D eigenvalue weighted by Gasteiger charge is -2.07. The highest BCUT2D eigenvalue weighted by Crippen LogP contribution is 1.99. The molecule has 43 valence electrons. The molecule has 2 nitrogen and oxygen atoms in total. The van der Waals surface area contributed by atoms with Gasteiger partial charge in [0.05, 0.1) is 0 Å². The summed E-state index contributed by atoms with van der Waals surface area (Å²) in [7, 11) is 0. The van der Waals surface area contributed by atoms with Crippen molar-refractivity contribution in [1.29, 1.82) is 0 Å². The van der Waals surface area contributed by atoms with Crippen LogP contribution >= 0.6 is 23.2 Å². The second kappa shape index (κ2) is 2.37. The van der Waals surface area contributed by atoms with Crippen LogP contribution in [0.25, 0.3) is 0 Å². The Morgan fingerprint density at radius 2 is 2.62 bits per heavy atom. The van der Waals surface area contributed by atoms with Gasteiger partial charge in [-0.15, -0.1) is 0 Å². The van der Waals surface area contributed by atoms with Crippen molar-refractivity contribution in [2.24, 2.45) is 4.99 Å². The number of hydrogen-bond donors (Lipinski definition) is 1. The second-order valence-corrected chi connectivity index (χ2v) is 2.02. The number of nitrogens with one attached hydrogen (secondary N) is 1. The van der Waals surface area contributed by atoms with E-state index in [9.17, 15) is 0 Å². The smallest absolute Gasteiger partial charge is 0.197 e. The molecule has 0 aromatic rings. The molecule has 1 aliphatic rings. The minimum absolute atomic E-state index is 0.309. The summed E-state index contributed by atoms with van der Waals surface area (Å²) in [5.74, 6) is 0. The number of nitrogens with zero attached hydrogens (tertiary/aromatic N) is 1. The Morgan fingerprint density at radius 3 is 3.00 bits per heavy atom. The van der Waals surface area contributed by atoms with Gasteiger partial charge in [-0.1, -0.05) is 11.6 Å². The molecule has 1 rings (SSSR count). The Hall–Kier alpha value is -0.210. The third-order valence-corrected chi connectivity index (χ3v) is 1.09. The van der Waals surface area contributed by atoms with Crippen LogP contribution in [0, 0.1) is 6.08 Å². The maximum Gasteiger partial charge on any atom is 0.197 e. The number of aliphatic imine (C=N–C) groups is 1. The van der Waals surface area contributed by atoms with Crippen LogP contribution in [0.5, 0.6) is 0 Å². The summed E-state index contributed by atoms with van der Waals surface area (Å²) in [6.07, 6.45) is 4.11. The van der Waals surface area contributed by atoms with Crippen LogP contribution in [0.4, 0.5) is 0 Å².